The molecule has 0 amide bonds. The largest absolute Gasteiger partial charge is 0.355 e. The minimum atomic E-state index is 0.381. The van der Waals surface area contributed by atoms with Gasteiger partial charge in [-0.15, -0.1) is 0 Å². The molecule has 0 saturated carbocycles. The maximum absolute atomic E-state index is 4.46. The van der Waals surface area contributed by atoms with E-state index in [1.165, 1.54) is 12.8 Å². The van der Waals surface area contributed by atoms with E-state index in [1.807, 2.05) is 6.20 Å². The van der Waals surface area contributed by atoms with Crippen LogP contribution in [0.3, 0.4) is 0 Å². The Morgan fingerprint density at radius 3 is 3.06 bits per heavy atom. The summed E-state index contributed by atoms with van der Waals surface area (Å²) in [6.45, 7) is 6.83. The van der Waals surface area contributed by atoms with Gasteiger partial charge in [-0.25, -0.2) is 9.97 Å². The summed E-state index contributed by atoms with van der Waals surface area (Å²) < 4.78 is 0. The van der Waals surface area contributed by atoms with Gasteiger partial charge in [0.15, 0.2) is 0 Å². The van der Waals surface area contributed by atoms with Crippen molar-refractivity contribution in [1.82, 2.24) is 15.0 Å². The number of aromatic amines is 1. The summed E-state index contributed by atoms with van der Waals surface area (Å²) in [5.74, 6) is 1.07. The Bertz CT molecular complexity index is 529. The van der Waals surface area contributed by atoms with Crippen LogP contribution in [-0.4, -0.2) is 28.0 Å². The van der Waals surface area contributed by atoms with Crippen molar-refractivity contribution >= 4 is 16.9 Å². The standard InChI is InChI=1S/C13H18N4/c1-13(2)5-3-7-17(8-13)12-10-4-6-14-11(10)15-9-16-12/h4,6,9H,3,5,7-8H2,1-2H3,(H,14,15,16). The molecule has 4 nitrogen and oxygen atoms in total. The summed E-state index contributed by atoms with van der Waals surface area (Å²) in [5, 5.41) is 1.13. The molecule has 0 radical (unpaired) electrons. The summed E-state index contributed by atoms with van der Waals surface area (Å²) in [5.41, 5.74) is 1.31. The Morgan fingerprint density at radius 1 is 1.35 bits per heavy atom. The van der Waals surface area contributed by atoms with Gasteiger partial charge in [0, 0.05) is 19.3 Å². The topological polar surface area (TPSA) is 44.8 Å². The highest BCUT2D eigenvalue weighted by molar-refractivity contribution is 5.87. The summed E-state index contributed by atoms with van der Waals surface area (Å²) in [6.07, 6.45) is 6.11. The minimum Gasteiger partial charge on any atom is -0.355 e. The number of aromatic nitrogens is 3. The van der Waals surface area contributed by atoms with Gasteiger partial charge in [0.25, 0.3) is 0 Å². The van der Waals surface area contributed by atoms with Crippen molar-refractivity contribution in [2.45, 2.75) is 26.7 Å². The molecule has 0 unspecified atom stereocenters. The first-order valence-corrected chi connectivity index (χ1v) is 6.19. The zero-order valence-corrected chi connectivity index (χ0v) is 10.4. The molecule has 0 aliphatic carbocycles. The fraction of sp³-hybridized carbons (Fsp3) is 0.538. The molecular weight excluding hydrogens is 212 g/mol. The second kappa shape index (κ2) is 3.72. The number of rotatable bonds is 1. The lowest BCUT2D eigenvalue weighted by Gasteiger charge is -2.38. The van der Waals surface area contributed by atoms with Crippen LogP contribution in [0.2, 0.25) is 0 Å². The molecule has 0 aromatic carbocycles. The van der Waals surface area contributed by atoms with Crippen LogP contribution < -0.4 is 4.90 Å². The van der Waals surface area contributed by atoms with Gasteiger partial charge in [0.2, 0.25) is 0 Å². The molecule has 1 N–H and O–H groups in total. The molecule has 0 bridgehead atoms. The van der Waals surface area contributed by atoms with Gasteiger partial charge in [-0.1, -0.05) is 13.8 Å². The number of nitrogens with one attached hydrogen (secondary N) is 1. The fourth-order valence-corrected chi connectivity index (χ4v) is 2.71. The molecule has 90 valence electrons. The average Bonchev–Trinajstić information content (AvgIpc) is 2.75. The third kappa shape index (κ3) is 1.88. The molecule has 1 aliphatic heterocycles. The third-order valence-corrected chi connectivity index (χ3v) is 3.53. The normalized spacial score (nSPS) is 19.8. The molecule has 0 spiro atoms. The second-order valence-corrected chi connectivity index (χ2v) is 5.63. The molecule has 0 atom stereocenters. The van der Waals surface area contributed by atoms with Crippen LogP contribution in [0.15, 0.2) is 18.6 Å². The van der Waals surface area contributed by atoms with E-state index in [0.29, 0.717) is 5.41 Å². The first-order chi connectivity index (χ1) is 8.16. The second-order valence-electron chi connectivity index (χ2n) is 5.63. The number of anilines is 1. The lowest BCUT2D eigenvalue weighted by Crippen LogP contribution is -2.40. The van der Waals surface area contributed by atoms with Gasteiger partial charge in [-0.05, 0) is 24.3 Å². The third-order valence-electron chi connectivity index (χ3n) is 3.53. The van der Waals surface area contributed by atoms with Crippen molar-refractivity contribution in [3.63, 3.8) is 0 Å². The highest BCUT2D eigenvalue weighted by Gasteiger charge is 2.27. The number of piperidine rings is 1. The van der Waals surface area contributed by atoms with Gasteiger partial charge in [-0.2, -0.15) is 0 Å². The maximum Gasteiger partial charge on any atom is 0.142 e. The van der Waals surface area contributed by atoms with Gasteiger partial charge in [0.05, 0.1) is 5.39 Å². The average molecular weight is 230 g/mol. The highest BCUT2D eigenvalue weighted by atomic mass is 15.2. The van der Waals surface area contributed by atoms with Crippen molar-refractivity contribution < 1.29 is 0 Å². The molecule has 17 heavy (non-hydrogen) atoms. The number of hydrogen-bond donors (Lipinski definition) is 1. The maximum atomic E-state index is 4.46. The van der Waals surface area contributed by atoms with Gasteiger partial charge in [-0.3, -0.25) is 0 Å². The van der Waals surface area contributed by atoms with Gasteiger partial charge < -0.3 is 9.88 Å². The summed E-state index contributed by atoms with van der Waals surface area (Å²) in [6, 6.07) is 2.06. The Labute approximate surface area is 101 Å². The lowest BCUT2D eigenvalue weighted by atomic mass is 9.84. The van der Waals surface area contributed by atoms with Crippen LogP contribution in [-0.2, 0) is 0 Å². The molecule has 1 saturated heterocycles. The predicted octanol–water partition coefficient (Wildman–Crippen LogP) is 2.58. The van der Waals surface area contributed by atoms with Crippen molar-refractivity contribution in [2.75, 3.05) is 18.0 Å². The number of nitrogens with zero attached hydrogens (tertiary/aromatic N) is 3. The first kappa shape index (κ1) is 10.6. The molecule has 2 aromatic rings. The fourth-order valence-electron chi connectivity index (χ4n) is 2.71. The van der Waals surface area contributed by atoms with Gasteiger partial charge >= 0.3 is 0 Å². The van der Waals surface area contributed by atoms with E-state index in [0.717, 1.165) is 29.9 Å². The van der Waals surface area contributed by atoms with E-state index in [4.69, 9.17) is 0 Å². The Hall–Kier alpha value is -1.58. The smallest absolute Gasteiger partial charge is 0.142 e. The molecule has 3 rings (SSSR count). The van der Waals surface area contributed by atoms with Crippen LogP contribution in [0, 0.1) is 5.41 Å². The Kier molecular flexibility index (Phi) is 2.31. The quantitative estimate of drug-likeness (QED) is 0.819. The van der Waals surface area contributed by atoms with Crippen molar-refractivity contribution in [1.29, 1.82) is 0 Å². The number of H-pyrrole nitrogens is 1. The summed E-state index contributed by atoms with van der Waals surface area (Å²) in [7, 11) is 0. The van der Waals surface area contributed by atoms with Crippen LogP contribution in [0.4, 0.5) is 5.82 Å². The number of fused-ring (bicyclic) bond motifs is 1. The van der Waals surface area contributed by atoms with Crippen molar-refractivity contribution in [3.05, 3.63) is 18.6 Å². The Morgan fingerprint density at radius 2 is 2.24 bits per heavy atom. The van der Waals surface area contributed by atoms with Gasteiger partial charge in [0.1, 0.15) is 17.8 Å². The zero-order valence-electron chi connectivity index (χ0n) is 10.4. The van der Waals surface area contributed by atoms with Crippen LogP contribution in [0.25, 0.3) is 11.0 Å². The molecule has 4 heteroatoms. The van der Waals surface area contributed by atoms with E-state index in [-0.39, 0.29) is 0 Å². The monoisotopic (exact) mass is 230 g/mol. The molecule has 1 fully saturated rings. The summed E-state index contributed by atoms with van der Waals surface area (Å²) in [4.78, 5) is 14.2. The summed E-state index contributed by atoms with van der Waals surface area (Å²) >= 11 is 0. The highest BCUT2D eigenvalue weighted by Crippen LogP contribution is 2.32. The van der Waals surface area contributed by atoms with E-state index < -0.39 is 0 Å². The van der Waals surface area contributed by atoms with Crippen molar-refractivity contribution in [2.24, 2.45) is 5.41 Å². The molecule has 3 heterocycles. The van der Waals surface area contributed by atoms with Crippen LogP contribution in [0.5, 0.6) is 0 Å². The van der Waals surface area contributed by atoms with E-state index in [9.17, 15) is 0 Å². The van der Waals surface area contributed by atoms with E-state index >= 15 is 0 Å². The molecule has 2 aromatic heterocycles. The van der Waals surface area contributed by atoms with Crippen LogP contribution >= 0.6 is 0 Å². The predicted molar refractivity (Wildman–Crippen MR) is 69.1 cm³/mol. The molecular formula is C13H18N4. The van der Waals surface area contributed by atoms with Crippen LogP contribution in [0.1, 0.15) is 26.7 Å². The minimum absolute atomic E-state index is 0.381. The van der Waals surface area contributed by atoms with Crippen molar-refractivity contribution in [3.8, 4) is 0 Å². The lowest BCUT2D eigenvalue weighted by molar-refractivity contribution is 0.292. The SMILES string of the molecule is CC1(C)CCCN(c2ncnc3[nH]ccc23)C1. The van der Waals surface area contributed by atoms with E-state index in [2.05, 4.69) is 39.8 Å². The van der Waals surface area contributed by atoms with E-state index in [1.54, 1.807) is 6.33 Å². The Balaban J connectivity index is 2.00. The first-order valence-electron chi connectivity index (χ1n) is 6.19. The molecule has 1 aliphatic rings. The zero-order chi connectivity index (χ0) is 11.9. The number of hydrogen-bond acceptors (Lipinski definition) is 3.